The first-order valence-corrected chi connectivity index (χ1v) is 8.20. The van der Waals surface area contributed by atoms with E-state index in [1.54, 1.807) is 0 Å². The van der Waals surface area contributed by atoms with Crippen molar-refractivity contribution < 1.29 is 4.74 Å². The zero-order valence-corrected chi connectivity index (χ0v) is 13.5. The molecule has 1 aromatic rings. The van der Waals surface area contributed by atoms with Gasteiger partial charge in [-0.25, -0.2) is 0 Å². The number of benzene rings is 1. The minimum Gasteiger partial charge on any atom is -0.372 e. The fourth-order valence-corrected chi connectivity index (χ4v) is 3.35. The molecule has 6 heteroatoms. The first-order valence-electron chi connectivity index (χ1n) is 7.44. The Morgan fingerprint density at radius 2 is 2.10 bits per heavy atom. The van der Waals surface area contributed by atoms with Crippen LogP contribution in [0.2, 0.25) is 10.0 Å². The van der Waals surface area contributed by atoms with Gasteiger partial charge in [-0.15, -0.1) is 0 Å². The van der Waals surface area contributed by atoms with Gasteiger partial charge in [-0.05, 0) is 17.7 Å². The van der Waals surface area contributed by atoms with Crippen LogP contribution < -0.4 is 10.6 Å². The Morgan fingerprint density at radius 3 is 2.86 bits per heavy atom. The van der Waals surface area contributed by atoms with Crippen LogP contribution in [0.1, 0.15) is 11.7 Å². The van der Waals surface area contributed by atoms with Crippen LogP contribution in [0.25, 0.3) is 0 Å². The fourth-order valence-electron chi connectivity index (χ4n) is 3.05. The van der Waals surface area contributed by atoms with Gasteiger partial charge in [0.2, 0.25) is 0 Å². The van der Waals surface area contributed by atoms with Crippen molar-refractivity contribution in [3.05, 3.63) is 33.8 Å². The van der Waals surface area contributed by atoms with E-state index in [0.717, 1.165) is 51.6 Å². The highest BCUT2D eigenvalue weighted by Crippen LogP contribution is 2.32. The Labute approximate surface area is 135 Å². The number of nitrogens with zero attached hydrogens (tertiary/aromatic N) is 1. The van der Waals surface area contributed by atoms with Crippen molar-refractivity contribution >= 4 is 23.2 Å². The average Bonchev–Trinajstić information content (AvgIpc) is 2.87. The van der Waals surface area contributed by atoms with Gasteiger partial charge in [0.05, 0.1) is 22.8 Å². The van der Waals surface area contributed by atoms with Crippen molar-refractivity contribution in [1.29, 1.82) is 0 Å². The summed E-state index contributed by atoms with van der Waals surface area (Å²) in [5, 5.41) is 8.03. The Morgan fingerprint density at radius 1 is 1.19 bits per heavy atom. The molecule has 3 rings (SSSR count). The zero-order chi connectivity index (χ0) is 14.7. The van der Waals surface area contributed by atoms with Gasteiger partial charge in [0, 0.05) is 45.3 Å². The fraction of sp³-hybridized carbons (Fsp3) is 0.600. The van der Waals surface area contributed by atoms with Crippen LogP contribution in [0.15, 0.2) is 18.2 Å². The molecule has 116 valence electrons. The number of hydrogen-bond donors (Lipinski definition) is 2. The molecule has 2 N–H and O–H groups in total. The van der Waals surface area contributed by atoms with Gasteiger partial charge >= 0.3 is 0 Å². The van der Waals surface area contributed by atoms with Gasteiger partial charge in [0.25, 0.3) is 0 Å². The Bertz CT molecular complexity index is 480. The lowest BCUT2D eigenvalue weighted by Crippen LogP contribution is -2.36. The van der Waals surface area contributed by atoms with Crippen molar-refractivity contribution in [2.45, 2.75) is 6.10 Å². The molecule has 2 atom stereocenters. The lowest BCUT2D eigenvalue weighted by atomic mass is 9.95. The lowest BCUT2D eigenvalue weighted by Gasteiger charge is -2.29. The topological polar surface area (TPSA) is 36.5 Å². The van der Waals surface area contributed by atoms with E-state index in [1.165, 1.54) is 0 Å². The van der Waals surface area contributed by atoms with E-state index >= 15 is 0 Å². The Balaban J connectivity index is 1.78. The predicted molar refractivity (Wildman–Crippen MR) is 86.0 cm³/mol. The molecular weight excluding hydrogens is 309 g/mol. The van der Waals surface area contributed by atoms with Crippen LogP contribution >= 0.6 is 23.2 Å². The molecular formula is C15H21Cl2N3O. The average molecular weight is 330 g/mol. The van der Waals surface area contributed by atoms with E-state index in [2.05, 4.69) is 15.5 Å². The molecule has 4 nitrogen and oxygen atoms in total. The van der Waals surface area contributed by atoms with Crippen molar-refractivity contribution in [3.63, 3.8) is 0 Å². The standard InChI is InChI=1S/C15H21Cl2N3O/c16-13-2-1-11(7-14(13)17)15-12(8-18-4-6-21-15)9-20-5-3-19-10-20/h1-2,7,12,15,18-19H,3-6,8-10H2/t12-,15-/m0/s1. The van der Waals surface area contributed by atoms with Crippen LogP contribution in [0, 0.1) is 5.92 Å². The van der Waals surface area contributed by atoms with Gasteiger partial charge in [0.15, 0.2) is 0 Å². The van der Waals surface area contributed by atoms with Crippen LogP contribution in [0.4, 0.5) is 0 Å². The van der Waals surface area contributed by atoms with Crippen molar-refractivity contribution in [3.8, 4) is 0 Å². The van der Waals surface area contributed by atoms with E-state index in [1.807, 2.05) is 18.2 Å². The molecule has 2 aliphatic rings. The summed E-state index contributed by atoms with van der Waals surface area (Å²) in [5.41, 5.74) is 1.12. The monoisotopic (exact) mass is 329 g/mol. The van der Waals surface area contributed by atoms with Gasteiger partial charge in [-0.3, -0.25) is 4.90 Å². The highest BCUT2D eigenvalue weighted by molar-refractivity contribution is 6.42. The van der Waals surface area contributed by atoms with Gasteiger partial charge in [-0.2, -0.15) is 0 Å². The molecule has 0 saturated carbocycles. The van der Waals surface area contributed by atoms with Crippen LogP contribution in [-0.2, 0) is 4.74 Å². The van der Waals surface area contributed by atoms with E-state index < -0.39 is 0 Å². The molecule has 0 radical (unpaired) electrons. The lowest BCUT2D eigenvalue weighted by molar-refractivity contribution is 0.0205. The SMILES string of the molecule is Clc1ccc([C@@H]2OCCNC[C@H]2CN2CCNC2)cc1Cl. The zero-order valence-electron chi connectivity index (χ0n) is 11.9. The van der Waals surface area contributed by atoms with E-state index in [-0.39, 0.29) is 6.10 Å². The summed E-state index contributed by atoms with van der Waals surface area (Å²) >= 11 is 12.2. The summed E-state index contributed by atoms with van der Waals surface area (Å²) in [6.07, 6.45) is 0.0652. The largest absolute Gasteiger partial charge is 0.372 e. The molecule has 2 fully saturated rings. The third kappa shape index (κ3) is 3.89. The summed E-state index contributed by atoms with van der Waals surface area (Å²) in [6.45, 7) is 6.73. The van der Waals surface area contributed by atoms with E-state index in [0.29, 0.717) is 16.0 Å². The van der Waals surface area contributed by atoms with E-state index in [9.17, 15) is 0 Å². The Kier molecular flexibility index (Phi) is 5.38. The summed E-state index contributed by atoms with van der Waals surface area (Å²) < 4.78 is 6.10. The maximum absolute atomic E-state index is 6.17. The molecule has 21 heavy (non-hydrogen) atoms. The molecule has 0 spiro atoms. The number of rotatable bonds is 3. The number of nitrogens with one attached hydrogen (secondary N) is 2. The molecule has 1 aromatic carbocycles. The second-order valence-electron chi connectivity index (χ2n) is 5.66. The maximum Gasteiger partial charge on any atom is 0.0878 e. The molecule has 0 amide bonds. The third-order valence-electron chi connectivity index (χ3n) is 4.12. The summed E-state index contributed by atoms with van der Waals surface area (Å²) in [4.78, 5) is 2.44. The molecule has 2 saturated heterocycles. The summed E-state index contributed by atoms with van der Waals surface area (Å²) in [6, 6.07) is 5.82. The molecule has 0 aliphatic carbocycles. The predicted octanol–water partition coefficient (Wildman–Crippen LogP) is 2.13. The van der Waals surface area contributed by atoms with Crippen molar-refractivity contribution in [2.75, 3.05) is 46.0 Å². The normalized spacial score (nSPS) is 27.7. The second-order valence-corrected chi connectivity index (χ2v) is 6.48. The van der Waals surface area contributed by atoms with Gasteiger partial charge in [0.1, 0.15) is 0 Å². The van der Waals surface area contributed by atoms with Crippen LogP contribution in [-0.4, -0.2) is 50.9 Å². The summed E-state index contributed by atoms with van der Waals surface area (Å²) in [5.74, 6) is 0.407. The van der Waals surface area contributed by atoms with Crippen LogP contribution in [0.5, 0.6) is 0 Å². The minimum atomic E-state index is 0.0652. The first-order chi connectivity index (χ1) is 10.2. The van der Waals surface area contributed by atoms with Gasteiger partial charge < -0.3 is 15.4 Å². The quantitative estimate of drug-likeness (QED) is 0.890. The highest BCUT2D eigenvalue weighted by Gasteiger charge is 2.29. The molecule has 0 bridgehead atoms. The number of halogens is 2. The first kappa shape index (κ1) is 15.5. The number of ether oxygens (including phenoxy) is 1. The van der Waals surface area contributed by atoms with Crippen molar-refractivity contribution in [1.82, 2.24) is 15.5 Å². The molecule has 0 aromatic heterocycles. The third-order valence-corrected chi connectivity index (χ3v) is 4.86. The minimum absolute atomic E-state index is 0.0652. The number of hydrogen-bond acceptors (Lipinski definition) is 4. The van der Waals surface area contributed by atoms with Gasteiger partial charge in [-0.1, -0.05) is 29.3 Å². The smallest absolute Gasteiger partial charge is 0.0878 e. The molecule has 2 heterocycles. The second kappa shape index (κ2) is 7.27. The van der Waals surface area contributed by atoms with Crippen molar-refractivity contribution in [2.24, 2.45) is 5.92 Å². The maximum atomic E-state index is 6.17. The highest BCUT2D eigenvalue weighted by atomic mass is 35.5. The molecule has 0 unspecified atom stereocenters. The molecule has 2 aliphatic heterocycles. The summed E-state index contributed by atoms with van der Waals surface area (Å²) in [7, 11) is 0. The van der Waals surface area contributed by atoms with Crippen LogP contribution in [0.3, 0.4) is 0 Å². The Hall–Kier alpha value is -0.360. The van der Waals surface area contributed by atoms with E-state index in [4.69, 9.17) is 27.9 Å².